The van der Waals surface area contributed by atoms with Gasteiger partial charge in [-0.1, -0.05) is 15.9 Å². The van der Waals surface area contributed by atoms with Crippen LogP contribution in [-0.4, -0.2) is 37.0 Å². The number of nitrogens with zero attached hydrogens (tertiary/aromatic N) is 1. The average molecular weight is 315 g/mol. The molecule has 1 atom stereocenters. The van der Waals surface area contributed by atoms with Gasteiger partial charge in [-0.05, 0) is 37.6 Å². The molecular weight excluding hydrogens is 299 g/mol. The second-order valence-corrected chi connectivity index (χ2v) is 5.46. The van der Waals surface area contributed by atoms with Crippen molar-refractivity contribution in [1.82, 2.24) is 10.2 Å². The van der Waals surface area contributed by atoms with Crippen molar-refractivity contribution in [1.29, 1.82) is 0 Å². The highest BCUT2D eigenvalue weighted by molar-refractivity contribution is 9.10. The van der Waals surface area contributed by atoms with Gasteiger partial charge >= 0.3 is 0 Å². The summed E-state index contributed by atoms with van der Waals surface area (Å²) < 4.78 is 14.4. The first-order valence-electron chi connectivity index (χ1n) is 6.02. The van der Waals surface area contributed by atoms with E-state index in [0.717, 1.165) is 25.9 Å². The van der Waals surface area contributed by atoms with Crippen molar-refractivity contribution in [2.24, 2.45) is 0 Å². The highest BCUT2D eigenvalue weighted by Gasteiger charge is 2.24. The van der Waals surface area contributed by atoms with Crippen LogP contribution in [0.3, 0.4) is 0 Å². The van der Waals surface area contributed by atoms with Gasteiger partial charge in [-0.15, -0.1) is 0 Å². The number of carbonyl (C=O) groups excluding carboxylic acids is 1. The molecule has 0 saturated carbocycles. The molecule has 1 heterocycles. The SMILES string of the molecule is CN(C(=O)c1cc(Br)ccc1F)C1CCCNC1. The summed E-state index contributed by atoms with van der Waals surface area (Å²) in [6.07, 6.45) is 2.01. The molecular formula is C13H16BrFN2O. The van der Waals surface area contributed by atoms with Crippen LogP contribution in [0.15, 0.2) is 22.7 Å². The molecule has 1 N–H and O–H groups in total. The van der Waals surface area contributed by atoms with E-state index in [1.165, 1.54) is 12.1 Å². The van der Waals surface area contributed by atoms with Gasteiger partial charge in [-0.25, -0.2) is 4.39 Å². The maximum Gasteiger partial charge on any atom is 0.256 e. The third-order valence-corrected chi connectivity index (χ3v) is 3.79. The zero-order valence-electron chi connectivity index (χ0n) is 10.2. The molecule has 1 amide bonds. The summed E-state index contributed by atoms with van der Waals surface area (Å²) in [7, 11) is 1.74. The largest absolute Gasteiger partial charge is 0.337 e. The van der Waals surface area contributed by atoms with Crippen LogP contribution in [0.2, 0.25) is 0 Å². The van der Waals surface area contributed by atoms with Crippen molar-refractivity contribution in [2.45, 2.75) is 18.9 Å². The summed E-state index contributed by atoms with van der Waals surface area (Å²) >= 11 is 3.26. The predicted octanol–water partition coefficient (Wildman–Crippen LogP) is 2.41. The molecule has 1 aromatic carbocycles. The summed E-state index contributed by atoms with van der Waals surface area (Å²) in [4.78, 5) is 13.9. The molecule has 3 nitrogen and oxygen atoms in total. The first-order chi connectivity index (χ1) is 8.59. The molecule has 0 spiro atoms. The molecule has 98 valence electrons. The van der Waals surface area contributed by atoms with E-state index in [1.807, 2.05) is 0 Å². The Balaban J connectivity index is 2.16. The Kier molecular flexibility index (Phi) is 4.35. The van der Waals surface area contributed by atoms with Crippen molar-refractivity contribution in [3.8, 4) is 0 Å². The molecule has 1 aliphatic rings. The van der Waals surface area contributed by atoms with Crippen LogP contribution in [0.1, 0.15) is 23.2 Å². The van der Waals surface area contributed by atoms with E-state index in [1.54, 1.807) is 18.0 Å². The van der Waals surface area contributed by atoms with E-state index >= 15 is 0 Å². The zero-order chi connectivity index (χ0) is 13.1. The van der Waals surface area contributed by atoms with Crippen LogP contribution in [0, 0.1) is 5.82 Å². The number of amides is 1. The van der Waals surface area contributed by atoms with Crippen molar-refractivity contribution in [3.05, 3.63) is 34.1 Å². The first-order valence-corrected chi connectivity index (χ1v) is 6.82. The lowest BCUT2D eigenvalue weighted by atomic mass is 10.1. The first kappa shape index (κ1) is 13.5. The van der Waals surface area contributed by atoms with Gasteiger partial charge in [0.15, 0.2) is 0 Å². The second-order valence-electron chi connectivity index (χ2n) is 4.54. The standard InChI is InChI=1S/C13H16BrFN2O/c1-17(10-3-2-6-16-8-10)13(18)11-7-9(14)4-5-12(11)15/h4-5,7,10,16H,2-3,6,8H2,1H3. The highest BCUT2D eigenvalue weighted by Crippen LogP contribution is 2.19. The minimum atomic E-state index is -0.473. The van der Waals surface area contributed by atoms with Crippen LogP contribution < -0.4 is 5.32 Å². The number of piperidine rings is 1. The van der Waals surface area contributed by atoms with E-state index < -0.39 is 5.82 Å². The summed E-state index contributed by atoms with van der Waals surface area (Å²) in [5, 5.41) is 3.25. The van der Waals surface area contributed by atoms with Crippen molar-refractivity contribution < 1.29 is 9.18 Å². The van der Waals surface area contributed by atoms with Gasteiger partial charge in [0.1, 0.15) is 5.82 Å². The average Bonchev–Trinajstić information content (AvgIpc) is 2.41. The summed E-state index contributed by atoms with van der Waals surface area (Å²) in [6.45, 7) is 1.77. The topological polar surface area (TPSA) is 32.3 Å². The Morgan fingerprint density at radius 1 is 1.56 bits per heavy atom. The third-order valence-electron chi connectivity index (χ3n) is 3.30. The Bertz CT molecular complexity index is 447. The molecule has 1 saturated heterocycles. The molecule has 1 unspecified atom stereocenters. The second kappa shape index (κ2) is 5.80. The van der Waals surface area contributed by atoms with E-state index in [0.29, 0.717) is 4.47 Å². The quantitative estimate of drug-likeness (QED) is 0.909. The molecule has 1 aromatic rings. The minimum Gasteiger partial charge on any atom is -0.337 e. The lowest BCUT2D eigenvalue weighted by Gasteiger charge is -2.31. The summed E-state index contributed by atoms with van der Waals surface area (Å²) in [5.41, 5.74) is 0.123. The van der Waals surface area contributed by atoms with Gasteiger partial charge in [0.2, 0.25) is 0 Å². The Morgan fingerprint density at radius 3 is 3.00 bits per heavy atom. The Labute approximate surface area is 114 Å². The van der Waals surface area contributed by atoms with Gasteiger partial charge < -0.3 is 10.2 Å². The number of nitrogens with one attached hydrogen (secondary N) is 1. The number of halogens is 2. The van der Waals surface area contributed by atoms with Crippen LogP contribution in [0.25, 0.3) is 0 Å². The van der Waals surface area contributed by atoms with Crippen LogP contribution in [0.5, 0.6) is 0 Å². The maximum atomic E-state index is 13.7. The Morgan fingerprint density at radius 2 is 2.33 bits per heavy atom. The number of benzene rings is 1. The molecule has 0 radical (unpaired) electrons. The lowest BCUT2D eigenvalue weighted by Crippen LogP contribution is -2.46. The monoisotopic (exact) mass is 314 g/mol. The lowest BCUT2D eigenvalue weighted by molar-refractivity contribution is 0.0703. The van der Waals surface area contributed by atoms with E-state index in [9.17, 15) is 9.18 Å². The van der Waals surface area contributed by atoms with Gasteiger partial charge in [0.05, 0.1) is 5.56 Å². The molecule has 1 fully saturated rings. The number of hydrogen-bond donors (Lipinski definition) is 1. The van der Waals surface area contributed by atoms with Crippen LogP contribution in [0.4, 0.5) is 4.39 Å². The number of rotatable bonds is 2. The fraction of sp³-hybridized carbons (Fsp3) is 0.462. The van der Waals surface area contributed by atoms with Gasteiger partial charge in [-0.2, -0.15) is 0 Å². The van der Waals surface area contributed by atoms with E-state index in [2.05, 4.69) is 21.2 Å². The Hall–Kier alpha value is -0.940. The fourth-order valence-electron chi connectivity index (χ4n) is 2.18. The number of hydrogen-bond acceptors (Lipinski definition) is 2. The van der Waals surface area contributed by atoms with Crippen molar-refractivity contribution in [2.75, 3.05) is 20.1 Å². The van der Waals surface area contributed by atoms with E-state index in [4.69, 9.17) is 0 Å². The van der Waals surface area contributed by atoms with Gasteiger partial charge in [0.25, 0.3) is 5.91 Å². The summed E-state index contributed by atoms with van der Waals surface area (Å²) in [6, 6.07) is 4.58. The van der Waals surface area contributed by atoms with Crippen molar-refractivity contribution in [3.63, 3.8) is 0 Å². The smallest absolute Gasteiger partial charge is 0.256 e. The molecule has 5 heteroatoms. The zero-order valence-corrected chi connectivity index (χ0v) is 11.8. The maximum absolute atomic E-state index is 13.7. The van der Waals surface area contributed by atoms with E-state index in [-0.39, 0.29) is 17.5 Å². The molecule has 0 aromatic heterocycles. The normalized spacial score (nSPS) is 19.6. The molecule has 18 heavy (non-hydrogen) atoms. The molecule has 1 aliphatic heterocycles. The van der Waals surface area contributed by atoms with Gasteiger partial charge in [0, 0.05) is 24.1 Å². The molecule has 0 bridgehead atoms. The van der Waals surface area contributed by atoms with Gasteiger partial charge in [-0.3, -0.25) is 4.79 Å². The fourth-order valence-corrected chi connectivity index (χ4v) is 2.54. The molecule has 0 aliphatic carbocycles. The molecule has 2 rings (SSSR count). The summed E-state index contributed by atoms with van der Waals surface area (Å²) in [5.74, 6) is -0.735. The minimum absolute atomic E-state index is 0.123. The number of carbonyl (C=O) groups is 1. The van der Waals surface area contributed by atoms with Crippen LogP contribution >= 0.6 is 15.9 Å². The van der Waals surface area contributed by atoms with Crippen LogP contribution in [-0.2, 0) is 0 Å². The predicted molar refractivity (Wildman–Crippen MR) is 72.1 cm³/mol. The highest BCUT2D eigenvalue weighted by atomic mass is 79.9. The third kappa shape index (κ3) is 2.90. The van der Waals surface area contributed by atoms with Crippen molar-refractivity contribution >= 4 is 21.8 Å². The number of likely N-dealkylation sites (N-methyl/N-ethyl adjacent to an activating group) is 1.